The van der Waals surface area contributed by atoms with Crippen LogP contribution in [0.15, 0.2) is 30.5 Å². The van der Waals surface area contributed by atoms with E-state index in [1.165, 1.54) is 31.7 Å². The number of aryl methyl sites for hydroxylation is 1. The van der Waals surface area contributed by atoms with Crippen LogP contribution in [0.2, 0.25) is 0 Å². The maximum absolute atomic E-state index is 10.8. The summed E-state index contributed by atoms with van der Waals surface area (Å²) in [5.74, 6) is -0.319. The van der Waals surface area contributed by atoms with Crippen molar-refractivity contribution in [2.24, 2.45) is 0 Å². The maximum atomic E-state index is 10.8. The average molecular weight is 287 g/mol. The van der Waals surface area contributed by atoms with Crippen molar-refractivity contribution < 1.29 is 9.53 Å². The fourth-order valence-corrected chi connectivity index (χ4v) is 2.06. The van der Waals surface area contributed by atoms with Gasteiger partial charge in [0.25, 0.3) is 0 Å². The lowest BCUT2D eigenvalue weighted by atomic mass is 10.1. The van der Waals surface area contributed by atoms with Gasteiger partial charge in [-0.3, -0.25) is 4.79 Å². The number of carbonyl (C=O) groups is 1. The first kappa shape index (κ1) is 15.2. The molecule has 0 aliphatic rings. The number of hydrogen-bond donors (Lipinski definition) is 0. The van der Waals surface area contributed by atoms with E-state index in [2.05, 4.69) is 29.4 Å². The molecule has 2 rings (SSSR count). The highest BCUT2D eigenvalue weighted by Gasteiger charge is 2.04. The lowest BCUT2D eigenvalue weighted by Crippen LogP contribution is -1.98. The second-order valence-electron chi connectivity index (χ2n) is 5.06. The maximum Gasteiger partial charge on any atom is 0.303 e. The molecular formula is C16H21N3O2. The zero-order valence-electron chi connectivity index (χ0n) is 12.6. The van der Waals surface area contributed by atoms with E-state index in [1.807, 2.05) is 12.1 Å². The Hall–Kier alpha value is -2.17. The van der Waals surface area contributed by atoms with Crippen LogP contribution in [0.3, 0.4) is 0 Å². The molecule has 21 heavy (non-hydrogen) atoms. The van der Waals surface area contributed by atoms with Crippen LogP contribution in [0.1, 0.15) is 44.4 Å². The Morgan fingerprint density at radius 2 is 2.00 bits per heavy atom. The van der Waals surface area contributed by atoms with Crippen LogP contribution < -0.4 is 0 Å². The van der Waals surface area contributed by atoms with Crippen molar-refractivity contribution in [1.82, 2.24) is 15.0 Å². The second kappa shape index (κ2) is 7.57. The third kappa shape index (κ3) is 4.70. The quantitative estimate of drug-likeness (QED) is 0.580. The van der Waals surface area contributed by atoms with Gasteiger partial charge in [-0.2, -0.15) is 0 Å². The predicted octanol–water partition coefficient (Wildman–Crippen LogP) is 3.06. The molecule has 0 aliphatic carbocycles. The monoisotopic (exact) mass is 287 g/mol. The Balaban J connectivity index is 1.96. The molecule has 0 amide bonds. The molecule has 0 aliphatic heterocycles. The van der Waals surface area contributed by atoms with E-state index in [-0.39, 0.29) is 12.6 Å². The van der Waals surface area contributed by atoms with Gasteiger partial charge in [-0.25, -0.2) is 4.68 Å². The number of benzene rings is 1. The van der Waals surface area contributed by atoms with Crippen LogP contribution in [0, 0.1) is 0 Å². The van der Waals surface area contributed by atoms with Gasteiger partial charge >= 0.3 is 5.97 Å². The summed E-state index contributed by atoms with van der Waals surface area (Å²) in [4.78, 5) is 10.8. The Bertz CT molecular complexity index is 575. The van der Waals surface area contributed by atoms with E-state index in [1.54, 1.807) is 10.9 Å². The third-order valence-corrected chi connectivity index (χ3v) is 3.23. The fraction of sp³-hybridized carbons (Fsp3) is 0.438. The molecule has 1 heterocycles. The van der Waals surface area contributed by atoms with Gasteiger partial charge in [0.2, 0.25) is 0 Å². The van der Waals surface area contributed by atoms with Crippen LogP contribution in [-0.2, 0) is 22.6 Å². The van der Waals surface area contributed by atoms with Crippen molar-refractivity contribution in [1.29, 1.82) is 0 Å². The number of unbranched alkanes of at least 4 members (excludes halogenated alkanes) is 2. The van der Waals surface area contributed by atoms with Crippen LogP contribution in [-0.4, -0.2) is 21.0 Å². The Morgan fingerprint density at radius 1 is 1.24 bits per heavy atom. The molecule has 0 unspecified atom stereocenters. The molecular weight excluding hydrogens is 266 g/mol. The predicted molar refractivity (Wildman–Crippen MR) is 80.1 cm³/mol. The molecule has 112 valence electrons. The summed E-state index contributed by atoms with van der Waals surface area (Å²) >= 11 is 0. The fourth-order valence-electron chi connectivity index (χ4n) is 2.06. The largest absolute Gasteiger partial charge is 0.459 e. The molecule has 0 saturated carbocycles. The highest BCUT2D eigenvalue weighted by atomic mass is 16.5. The molecule has 5 heteroatoms. The highest BCUT2D eigenvalue weighted by Crippen LogP contribution is 2.12. The van der Waals surface area contributed by atoms with E-state index in [0.29, 0.717) is 5.69 Å². The van der Waals surface area contributed by atoms with Crippen LogP contribution in [0.4, 0.5) is 0 Å². The molecule has 0 saturated heterocycles. The highest BCUT2D eigenvalue weighted by molar-refractivity contribution is 5.65. The number of nitrogens with zero attached hydrogens (tertiary/aromatic N) is 3. The molecule has 1 aromatic carbocycles. The van der Waals surface area contributed by atoms with Gasteiger partial charge < -0.3 is 4.74 Å². The summed E-state index contributed by atoms with van der Waals surface area (Å²) in [5, 5.41) is 8.03. The molecule has 0 spiro atoms. The molecule has 2 aromatic rings. The van der Waals surface area contributed by atoms with Crippen molar-refractivity contribution >= 4 is 5.97 Å². The van der Waals surface area contributed by atoms with Crippen molar-refractivity contribution in [3.8, 4) is 5.69 Å². The average Bonchev–Trinajstić information content (AvgIpc) is 2.95. The molecule has 1 aromatic heterocycles. The molecule has 0 atom stereocenters. The number of ether oxygens (including phenoxy) is 1. The SMILES string of the molecule is CCCCCc1ccc(-n2cc(COC(C)=O)nn2)cc1. The summed E-state index contributed by atoms with van der Waals surface area (Å²) < 4.78 is 6.59. The van der Waals surface area contributed by atoms with Gasteiger partial charge in [0.1, 0.15) is 12.3 Å². The number of rotatable bonds is 7. The third-order valence-electron chi connectivity index (χ3n) is 3.23. The number of aromatic nitrogens is 3. The molecule has 0 N–H and O–H groups in total. The Kier molecular flexibility index (Phi) is 5.49. The van der Waals surface area contributed by atoms with Crippen LogP contribution in [0.25, 0.3) is 5.69 Å². The van der Waals surface area contributed by atoms with E-state index >= 15 is 0 Å². The summed E-state index contributed by atoms with van der Waals surface area (Å²) in [6, 6.07) is 8.31. The lowest BCUT2D eigenvalue weighted by molar-refractivity contribution is -0.142. The zero-order chi connectivity index (χ0) is 15.1. The van der Waals surface area contributed by atoms with Crippen LogP contribution >= 0.6 is 0 Å². The van der Waals surface area contributed by atoms with Gasteiger partial charge in [-0.15, -0.1) is 5.10 Å². The first-order chi connectivity index (χ1) is 10.2. The Labute approximate surface area is 124 Å². The number of hydrogen-bond acceptors (Lipinski definition) is 4. The van der Waals surface area contributed by atoms with E-state index in [4.69, 9.17) is 4.74 Å². The van der Waals surface area contributed by atoms with Crippen molar-refractivity contribution in [2.45, 2.75) is 46.1 Å². The van der Waals surface area contributed by atoms with Gasteiger partial charge in [0.05, 0.1) is 11.9 Å². The number of esters is 1. The minimum atomic E-state index is -0.319. The molecule has 0 bridgehead atoms. The van der Waals surface area contributed by atoms with Gasteiger partial charge in [0.15, 0.2) is 0 Å². The van der Waals surface area contributed by atoms with Gasteiger partial charge in [-0.05, 0) is 30.5 Å². The van der Waals surface area contributed by atoms with Gasteiger partial charge in [-0.1, -0.05) is 37.1 Å². The standard InChI is InChI=1S/C16H21N3O2/c1-3-4-5-6-14-7-9-16(10-8-14)19-11-15(17-18-19)12-21-13(2)20/h7-11H,3-6,12H2,1-2H3. The summed E-state index contributed by atoms with van der Waals surface area (Å²) in [7, 11) is 0. The number of carbonyl (C=O) groups excluding carboxylic acids is 1. The molecule has 0 fully saturated rings. The zero-order valence-corrected chi connectivity index (χ0v) is 12.6. The first-order valence-electron chi connectivity index (χ1n) is 7.33. The molecule has 5 nitrogen and oxygen atoms in total. The van der Waals surface area contributed by atoms with E-state index < -0.39 is 0 Å². The summed E-state index contributed by atoms with van der Waals surface area (Å²) in [6.45, 7) is 3.74. The van der Waals surface area contributed by atoms with Crippen molar-refractivity contribution in [3.05, 3.63) is 41.7 Å². The van der Waals surface area contributed by atoms with Crippen molar-refractivity contribution in [2.75, 3.05) is 0 Å². The smallest absolute Gasteiger partial charge is 0.303 e. The second-order valence-corrected chi connectivity index (χ2v) is 5.06. The van der Waals surface area contributed by atoms with E-state index in [9.17, 15) is 4.79 Å². The first-order valence-corrected chi connectivity index (χ1v) is 7.33. The van der Waals surface area contributed by atoms with Crippen LogP contribution in [0.5, 0.6) is 0 Å². The topological polar surface area (TPSA) is 57.0 Å². The minimum Gasteiger partial charge on any atom is -0.459 e. The van der Waals surface area contributed by atoms with Gasteiger partial charge in [0, 0.05) is 6.92 Å². The van der Waals surface area contributed by atoms with Crippen molar-refractivity contribution in [3.63, 3.8) is 0 Å². The Morgan fingerprint density at radius 3 is 2.67 bits per heavy atom. The minimum absolute atomic E-state index is 0.157. The van der Waals surface area contributed by atoms with E-state index in [0.717, 1.165) is 12.1 Å². The lowest BCUT2D eigenvalue weighted by Gasteiger charge is -2.03. The molecule has 0 radical (unpaired) electrons. The summed E-state index contributed by atoms with van der Waals surface area (Å²) in [6.07, 6.45) is 6.62. The normalized spacial score (nSPS) is 10.6. The summed E-state index contributed by atoms with van der Waals surface area (Å²) in [5.41, 5.74) is 2.93.